The number of rotatable bonds is 4. The van der Waals surface area contributed by atoms with Crippen molar-refractivity contribution < 1.29 is 8.42 Å². The molecule has 0 aliphatic rings. The monoisotopic (exact) mass is 527 g/mol. The van der Waals surface area contributed by atoms with Gasteiger partial charge in [0.25, 0.3) is 10.0 Å². The van der Waals surface area contributed by atoms with Crippen molar-refractivity contribution in [1.29, 1.82) is 0 Å². The number of thiophene rings is 3. The number of hydrogen-bond acceptors (Lipinski definition) is 5. The molecule has 170 valence electrons. The van der Waals surface area contributed by atoms with Crippen LogP contribution in [0.3, 0.4) is 0 Å². The van der Waals surface area contributed by atoms with E-state index in [2.05, 4.69) is 41.8 Å². The SMILES string of the molecule is O=S(=O)(c1ccccc1)n1c2ccccc2c2cc3cc(-c4ccc(-c5cccs5)s4)sc3cc21. The van der Waals surface area contributed by atoms with Crippen LogP contribution in [0.2, 0.25) is 0 Å². The van der Waals surface area contributed by atoms with Gasteiger partial charge in [0, 0.05) is 35.0 Å². The standard InChI is InChI=1S/C28H17NO2S4/c30-35(31,19-7-2-1-3-8-19)29-22-10-5-4-9-20(22)21-15-18-16-28(34-27(18)17-23(21)29)26-13-12-25(33-26)24-11-6-14-32-24/h1-17H. The van der Waals surface area contributed by atoms with Crippen LogP contribution in [0.25, 0.3) is 51.4 Å². The Morgan fingerprint density at radius 3 is 2.17 bits per heavy atom. The largest absolute Gasteiger partial charge is 0.268 e. The van der Waals surface area contributed by atoms with Crippen LogP contribution in [-0.2, 0) is 10.0 Å². The summed E-state index contributed by atoms with van der Waals surface area (Å²) in [5.41, 5.74) is 1.41. The highest BCUT2D eigenvalue weighted by molar-refractivity contribution is 7.90. The van der Waals surface area contributed by atoms with E-state index in [1.807, 2.05) is 36.4 Å². The maximum atomic E-state index is 13.8. The molecular weight excluding hydrogens is 511 g/mol. The lowest BCUT2D eigenvalue weighted by atomic mass is 10.1. The molecule has 0 amide bonds. The summed E-state index contributed by atoms with van der Waals surface area (Å²) in [4.78, 5) is 5.25. The summed E-state index contributed by atoms with van der Waals surface area (Å²) in [5, 5.41) is 5.11. The van der Waals surface area contributed by atoms with E-state index in [0.29, 0.717) is 11.0 Å². The van der Waals surface area contributed by atoms with Crippen molar-refractivity contribution in [2.45, 2.75) is 4.90 Å². The van der Waals surface area contributed by atoms with Gasteiger partial charge in [-0.15, -0.1) is 34.0 Å². The van der Waals surface area contributed by atoms with Gasteiger partial charge in [-0.1, -0.05) is 42.5 Å². The van der Waals surface area contributed by atoms with Gasteiger partial charge in [-0.05, 0) is 65.4 Å². The van der Waals surface area contributed by atoms with E-state index in [-0.39, 0.29) is 4.90 Å². The summed E-state index contributed by atoms with van der Waals surface area (Å²) < 4.78 is 30.1. The van der Waals surface area contributed by atoms with Crippen molar-refractivity contribution in [3.8, 4) is 19.5 Å². The quantitative estimate of drug-likeness (QED) is 0.230. The fourth-order valence-corrected chi connectivity index (χ4v) is 9.11. The normalized spacial score (nSPS) is 12.2. The first-order valence-electron chi connectivity index (χ1n) is 11.0. The second kappa shape index (κ2) is 7.90. The van der Waals surface area contributed by atoms with Crippen LogP contribution in [0.4, 0.5) is 0 Å². The Morgan fingerprint density at radius 2 is 1.37 bits per heavy atom. The van der Waals surface area contributed by atoms with Crippen molar-refractivity contribution in [2.24, 2.45) is 0 Å². The third-order valence-electron chi connectivity index (χ3n) is 6.16. The van der Waals surface area contributed by atoms with Crippen LogP contribution in [0.5, 0.6) is 0 Å². The topological polar surface area (TPSA) is 39.1 Å². The highest BCUT2D eigenvalue weighted by atomic mass is 32.2. The Balaban J connectivity index is 1.45. The average molecular weight is 528 g/mol. The molecule has 4 heterocycles. The van der Waals surface area contributed by atoms with E-state index in [0.717, 1.165) is 20.9 Å². The van der Waals surface area contributed by atoms with Gasteiger partial charge in [0.05, 0.1) is 15.9 Å². The average Bonchev–Trinajstić information content (AvgIpc) is 3.67. The van der Waals surface area contributed by atoms with Gasteiger partial charge in [-0.25, -0.2) is 12.4 Å². The molecule has 0 fully saturated rings. The van der Waals surface area contributed by atoms with Gasteiger partial charge < -0.3 is 0 Å². The first-order valence-corrected chi connectivity index (χ1v) is 15.0. The van der Waals surface area contributed by atoms with E-state index in [9.17, 15) is 8.42 Å². The van der Waals surface area contributed by atoms with Crippen molar-refractivity contribution in [3.63, 3.8) is 0 Å². The Labute approximate surface area is 214 Å². The number of nitrogens with zero attached hydrogens (tertiary/aromatic N) is 1. The minimum Gasteiger partial charge on any atom is -0.233 e. The number of fused-ring (bicyclic) bond motifs is 4. The van der Waals surface area contributed by atoms with Crippen LogP contribution < -0.4 is 0 Å². The Bertz CT molecular complexity index is 1960. The maximum absolute atomic E-state index is 13.8. The van der Waals surface area contributed by atoms with E-state index < -0.39 is 10.0 Å². The van der Waals surface area contributed by atoms with Crippen LogP contribution in [0.1, 0.15) is 0 Å². The summed E-state index contributed by atoms with van der Waals surface area (Å²) in [5.74, 6) is 0. The van der Waals surface area contributed by atoms with Gasteiger partial charge >= 0.3 is 0 Å². The molecular formula is C28H17NO2S4. The van der Waals surface area contributed by atoms with Crippen molar-refractivity contribution >= 4 is 75.9 Å². The molecule has 0 aliphatic carbocycles. The molecule has 3 nitrogen and oxygen atoms in total. The molecule has 7 aromatic rings. The molecule has 7 rings (SSSR count). The van der Waals surface area contributed by atoms with Crippen molar-refractivity contribution in [3.05, 3.63) is 102 Å². The number of aromatic nitrogens is 1. The summed E-state index contributed by atoms with van der Waals surface area (Å²) in [6.07, 6.45) is 0. The predicted octanol–water partition coefficient (Wildman–Crippen LogP) is 8.70. The second-order valence-corrected chi connectivity index (χ2v) is 13.2. The summed E-state index contributed by atoms with van der Waals surface area (Å²) in [7, 11) is -3.76. The molecule has 0 bridgehead atoms. The molecule has 0 radical (unpaired) electrons. The second-order valence-electron chi connectivity index (χ2n) is 8.26. The van der Waals surface area contributed by atoms with Crippen LogP contribution >= 0.6 is 34.0 Å². The van der Waals surface area contributed by atoms with Gasteiger partial charge in [0.15, 0.2) is 0 Å². The molecule has 0 atom stereocenters. The lowest BCUT2D eigenvalue weighted by molar-refractivity contribution is 0.590. The highest BCUT2D eigenvalue weighted by Gasteiger charge is 2.24. The van der Waals surface area contributed by atoms with E-state index in [4.69, 9.17) is 0 Å². The van der Waals surface area contributed by atoms with Crippen molar-refractivity contribution in [1.82, 2.24) is 3.97 Å². The van der Waals surface area contributed by atoms with Crippen LogP contribution in [0.15, 0.2) is 107 Å². The smallest absolute Gasteiger partial charge is 0.233 e. The Hall–Kier alpha value is -3.23. The highest BCUT2D eigenvalue weighted by Crippen LogP contribution is 2.43. The minimum atomic E-state index is -3.76. The predicted molar refractivity (Wildman–Crippen MR) is 150 cm³/mol. The molecule has 0 aliphatic heterocycles. The first kappa shape index (κ1) is 21.1. The zero-order valence-corrected chi connectivity index (χ0v) is 21.5. The fraction of sp³-hybridized carbons (Fsp3) is 0. The molecule has 7 heteroatoms. The molecule has 0 spiro atoms. The summed E-state index contributed by atoms with van der Waals surface area (Å²) >= 11 is 5.25. The van der Waals surface area contributed by atoms with Gasteiger partial charge in [-0.2, -0.15) is 0 Å². The molecule has 0 saturated carbocycles. The number of hydrogen-bond donors (Lipinski definition) is 0. The maximum Gasteiger partial charge on any atom is 0.268 e. The molecule has 0 saturated heterocycles. The molecule has 35 heavy (non-hydrogen) atoms. The minimum absolute atomic E-state index is 0.286. The zero-order valence-electron chi connectivity index (χ0n) is 18.2. The lowest BCUT2D eigenvalue weighted by Gasteiger charge is -2.09. The molecule has 0 unspecified atom stereocenters. The van der Waals surface area contributed by atoms with Gasteiger partial charge in [0.1, 0.15) is 0 Å². The van der Waals surface area contributed by atoms with E-state index in [1.54, 1.807) is 58.3 Å². The third kappa shape index (κ3) is 3.31. The molecule has 4 aromatic heterocycles. The summed E-state index contributed by atoms with van der Waals surface area (Å²) in [6.45, 7) is 0. The van der Waals surface area contributed by atoms with Gasteiger partial charge in [0.2, 0.25) is 0 Å². The fourth-order valence-electron chi connectivity index (χ4n) is 4.57. The van der Waals surface area contributed by atoms with Crippen molar-refractivity contribution in [2.75, 3.05) is 0 Å². The lowest BCUT2D eigenvalue weighted by Crippen LogP contribution is -2.12. The third-order valence-corrected chi connectivity index (χ3v) is 11.3. The number of benzene rings is 3. The number of para-hydroxylation sites is 1. The summed E-state index contributed by atoms with van der Waals surface area (Å²) in [6, 6.07) is 31.4. The Kier molecular flexibility index (Phi) is 4.76. The zero-order chi connectivity index (χ0) is 23.6. The molecule has 3 aromatic carbocycles. The first-order chi connectivity index (χ1) is 17.1. The van der Waals surface area contributed by atoms with Crippen LogP contribution in [0, 0.1) is 0 Å². The van der Waals surface area contributed by atoms with Gasteiger partial charge in [-0.3, -0.25) is 0 Å². The van der Waals surface area contributed by atoms with Crippen LogP contribution in [-0.4, -0.2) is 12.4 Å². The van der Waals surface area contributed by atoms with E-state index in [1.165, 1.54) is 23.5 Å². The van der Waals surface area contributed by atoms with E-state index >= 15 is 0 Å². The Morgan fingerprint density at radius 1 is 0.600 bits per heavy atom. The molecule has 0 N–H and O–H groups in total.